The molecule has 1 aliphatic heterocycles. The summed E-state index contributed by atoms with van der Waals surface area (Å²) in [4.78, 5) is 12.9. The molecule has 7 nitrogen and oxygen atoms in total. The smallest absolute Gasteiger partial charge is 0.167 e. The Balaban J connectivity index is 1.72. The highest BCUT2D eigenvalue weighted by Crippen LogP contribution is 2.33. The maximum Gasteiger partial charge on any atom is 0.167 e. The van der Waals surface area contributed by atoms with Gasteiger partial charge in [0.15, 0.2) is 17.0 Å². The van der Waals surface area contributed by atoms with E-state index < -0.39 is 18.5 Å². The third kappa shape index (κ3) is 3.49. The fourth-order valence-corrected chi connectivity index (χ4v) is 2.97. The quantitative estimate of drug-likeness (QED) is 0.720. The van der Waals surface area contributed by atoms with Gasteiger partial charge in [0.1, 0.15) is 24.8 Å². The molecule has 2 aromatic rings. The van der Waals surface area contributed by atoms with Gasteiger partial charge in [-0.1, -0.05) is 26.2 Å². The zero-order chi connectivity index (χ0) is 16.9. The van der Waals surface area contributed by atoms with E-state index in [0.717, 1.165) is 13.0 Å². The number of halogens is 1. The van der Waals surface area contributed by atoms with Crippen molar-refractivity contribution in [1.82, 2.24) is 19.5 Å². The fourth-order valence-electron chi connectivity index (χ4n) is 2.97. The summed E-state index contributed by atoms with van der Waals surface area (Å²) in [6.45, 7) is 2.68. The summed E-state index contributed by atoms with van der Waals surface area (Å²) in [5.41, 5.74) is 1.26. The number of hydrogen-bond acceptors (Lipinski definition) is 6. The van der Waals surface area contributed by atoms with Crippen molar-refractivity contribution in [2.45, 2.75) is 57.5 Å². The predicted molar refractivity (Wildman–Crippen MR) is 88.5 cm³/mol. The molecule has 0 spiro atoms. The topological polar surface area (TPSA) is 85.1 Å². The predicted octanol–water partition coefficient (Wildman–Crippen LogP) is 2.44. The lowest BCUT2D eigenvalue weighted by atomic mass is 10.2. The van der Waals surface area contributed by atoms with Crippen LogP contribution in [0.5, 0.6) is 0 Å². The molecule has 132 valence electrons. The van der Waals surface area contributed by atoms with Crippen molar-refractivity contribution in [3.05, 3.63) is 12.7 Å². The minimum absolute atomic E-state index is 0.181. The molecule has 1 fully saturated rings. The number of nitrogens with one attached hydrogen (secondary N) is 1. The number of aliphatic hydroxyl groups excluding tert-OH is 1. The molecular formula is C16H24FN5O2. The highest BCUT2D eigenvalue weighted by atomic mass is 19.1. The SMILES string of the molecule is CCCCCCNc1ncnc2c1ncn2[C@H]1C[C@H](F)[C@@H](CO)O1. The molecule has 0 aromatic carbocycles. The summed E-state index contributed by atoms with van der Waals surface area (Å²) < 4.78 is 21.1. The molecule has 3 atom stereocenters. The van der Waals surface area contributed by atoms with Crippen LogP contribution in [-0.4, -0.2) is 50.1 Å². The Bertz CT molecular complexity index is 665. The number of unbranched alkanes of at least 4 members (excludes halogenated alkanes) is 3. The molecule has 0 radical (unpaired) electrons. The van der Waals surface area contributed by atoms with Crippen molar-refractivity contribution in [3.63, 3.8) is 0 Å². The van der Waals surface area contributed by atoms with Crippen LogP contribution < -0.4 is 5.32 Å². The van der Waals surface area contributed by atoms with Crippen molar-refractivity contribution in [2.75, 3.05) is 18.5 Å². The van der Waals surface area contributed by atoms with Gasteiger partial charge in [0.25, 0.3) is 0 Å². The standard InChI is InChI=1S/C16H24FN5O2/c1-2-3-4-5-6-18-15-14-16(20-9-19-15)22(10-21-14)13-7-11(17)12(8-23)24-13/h9-13,23H,2-8H2,1H3,(H,18,19,20)/t11-,12+,13+/m0/s1. The molecule has 0 saturated carbocycles. The molecule has 2 aromatic heterocycles. The van der Waals surface area contributed by atoms with E-state index >= 15 is 0 Å². The first kappa shape index (κ1) is 17.0. The van der Waals surface area contributed by atoms with Crippen LogP contribution in [0.1, 0.15) is 45.3 Å². The van der Waals surface area contributed by atoms with E-state index in [1.165, 1.54) is 25.6 Å². The average molecular weight is 337 g/mol. The first-order valence-electron chi connectivity index (χ1n) is 8.56. The number of rotatable bonds is 8. The first-order valence-corrected chi connectivity index (χ1v) is 8.56. The lowest BCUT2D eigenvalue weighted by Crippen LogP contribution is -2.21. The number of nitrogens with zero attached hydrogens (tertiary/aromatic N) is 4. The number of ether oxygens (including phenoxy) is 1. The Morgan fingerprint density at radius 1 is 1.33 bits per heavy atom. The van der Waals surface area contributed by atoms with Crippen LogP contribution in [0, 0.1) is 0 Å². The minimum atomic E-state index is -1.18. The largest absolute Gasteiger partial charge is 0.394 e. The molecule has 8 heteroatoms. The Hall–Kier alpha value is -1.80. The van der Waals surface area contributed by atoms with Crippen LogP contribution in [0.4, 0.5) is 10.2 Å². The summed E-state index contributed by atoms with van der Waals surface area (Å²) in [6.07, 6.45) is 5.46. The van der Waals surface area contributed by atoms with Gasteiger partial charge in [0, 0.05) is 13.0 Å². The monoisotopic (exact) mass is 337 g/mol. The van der Waals surface area contributed by atoms with Crippen LogP contribution in [-0.2, 0) is 4.74 Å². The van der Waals surface area contributed by atoms with Gasteiger partial charge >= 0.3 is 0 Å². The summed E-state index contributed by atoms with van der Waals surface area (Å²) in [5.74, 6) is 0.684. The number of anilines is 1. The van der Waals surface area contributed by atoms with Gasteiger partial charge in [-0.2, -0.15) is 0 Å². The maximum absolute atomic E-state index is 13.8. The molecule has 1 saturated heterocycles. The fraction of sp³-hybridized carbons (Fsp3) is 0.688. The Labute approximate surface area is 140 Å². The van der Waals surface area contributed by atoms with Crippen LogP contribution in [0.15, 0.2) is 12.7 Å². The van der Waals surface area contributed by atoms with E-state index in [0.29, 0.717) is 17.0 Å². The van der Waals surface area contributed by atoms with Gasteiger partial charge in [-0.05, 0) is 6.42 Å². The molecule has 1 aliphatic rings. The Morgan fingerprint density at radius 2 is 2.21 bits per heavy atom. The van der Waals surface area contributed by atoms with Crippen molar-refractivity contribution in [2.24, 2.45) is 0 Å². The van der Waals surface area contributed by atoms with Crippen LogP contribution in [0.3, 0.4) is 0 Å². The van der Waals surface area contributed by atoms with Crippen molar-refractivity contribution in [3.8, 4) is 0 Å². The molecule has 2 N–H and O–H groups in total. The second-order valence-corrected chi connectivity index (χ2v) is 6.10. The van der Waals surface area contributed by atoms with E-state index in [9.17, 15) is 4.39 Å². The average Bonchev–Trinajstić information content (AvgIpc) is 3.18. The van der Waals surface area contributed by atoms with Crippen molar-refractivity contribution in [1.29, 1.82) is 0 Å². The lowest BCUT2D eigenvalue weighted by molar-refractivity contribution is -0.0323. The summed E-state index contributed by atoms with van der Waals surface area (Å²) in [5, 5.41) is 12.4. The molecule has 0 unspecified atom stereocenters. The zero-order valence-corrected chi connectivity index (χ0v) is 13.9. The van der Waals surface area contributed by atoms with Crippen LogP contribution >= 0.6 is 0 Å². The van der Waals surface area contributed by atoms with Crippen LogP contribution in [0.2, 0.25) is 0 Å². The summed E-state index contributed by atoms with van der Waals surface area (Å²) in [7, 11) is 0. The van der Waals surface area contributed by atoms with E-state index in [4.69, 9.17) is 9.84 Å². The summed E-state index contributed by atoms with van der Waals surface area (Å²) >= 11 is 0. The number of hydrogen-bond donors (Lipinski definition) is 2. The minimum Gasteiger partial charge on any atom is -0.394 e. The number of alkyl halides is 1. The molecular weight excluding hydrogens is 313 g/mol. The van der Waals surface area contributed by atoms with Gasteiger partial charge in [-0.3, -0.25) is 4.57 Å². The third-order valence-electron chi connectivity index (χ3n) is 4.33. The Morgan fingerprint density at radius 3 is 2.96 bits per heavy atom. The van der Waals surface area contributed by atoms with Crippen LogP contribution in [0.25, 0.3) is 11.2 Å². The zero-order valence-electron chi connectivity index (χ0n) is 13.9. The van der Waals surface area contributed by atoms with Gasteiger partial charge in [-0.15, -0.1) is 0 Å². The van der Waals surface area contributed by atoms with E-state index in [2.05, 4.69) is 27.2 Å². The number of aromatic nitrogens is 4. The Kier molecular flexibility index (Phi) is 5.57. The number of aliphatic hydroxyl groups is 1. The lowest BCUT2D eigenvalue weighted by Gasteiger charge is -2.13. The first-order chi connectivity index (χ1) is 11.7. The molecule has 3 rings (SSSR count). The van der Waals surface area contributed by atoms with Crippen molar-refractivity contribution >= 4 is 17.0 Å². The molecule has 0 bridgehead atoms. The third-order valence-corrected chi connectivity index (χ3v) is 4.33. The number of imidazole rings is 1. The second kappa shape index (κ2) is 7.85. The van der Waals surface area contributed by atoms with E-state index in [1.54, 1.807) is 10.9 Å². The normalized spacial score (nSPS) is 23.9. The number of fused-ring (bicyclic) bond motifs is 1. The van der Waals surface area contributed by atoms with E-state index in [-0.39, 0.29) is 13.0 Å². The molecule has 3 heterocycles. The highest BCUT2D eigenvalue weighted by molar-refractivity contribution is 5.82. The van der Waals surface area contributed by atoms with Gasteiger partial charge in [0.05, 0.1) is 12.9 Å². The maximum atomic E-state index is 13.8. The summed E-state index contributed by atoms with van der Waals surface area (Å²) in [6, 6.07) is 0. The van der Waals surface area contributed by atoms with Crippen molar-refractivity contribution < 1.29 is 14.2 Å². The molecule has 0 amide bonds. The molecule has 0 aliphatic carbocycles. The van der Waals surface area contributed by atoms with Gasteiger partial charge in [0.2, 0.25) is 0 Å². The van der Waals surface area contributed by atoms with Gasteiger partial charge in [-0.25, -0.2) is 19.3 Å². The van der Waals surface area contributed by atoms with E-state index in [1.807, 2.05) is 0 Å². The van der Waals surface area contributed by atoms with Gasteiger partial charge < -0.3 is 15.2 Å². The molecule has 24 heavy (non-hydrogen) atoms. The highest BCUT2D eigenvalue weighted by Gasteiger charge is 2.36. The second-order valence-electron chi connectivity index (χ2n) is 6.10.